The Morgan fingerprint density at radius 1 is 1.10 bits per heavy atom. The number of benzene rings is 2. The molecule has 1 aliphatic rings. The zero-order valence-electron chi connectivity index (χ0n) is 14.9. The zero-order chi connectivity index (χ0) is 21.2. The summed E-state index contributed by atoms with van der Waals surface area (Å²) in [6, 6.07) is 8.14. The molecule has 0 aliphatic carbocycles. The van der Waals surface area contributed by atoms with E-state index in [0.717, 1.165) is 12.1 Å². The summed E-state index contributed by atoms with van der Waals surface area (Å²) >= 11 is 3.18. The molecule has 3 rings (SSSR count). The fourth-order valence-corrected chi connectivity index (χ4v) is 4.61. The lowest BCUT2D eigenvalue weighted by Crippen LogP contribution is -2.40. The number of alkyl halides is 3. The van der Waals surface area contributed by atoms with Crippen LogP contribution in [-0.4, -0.2) is 44.9 Å². The third-order valence-corrected chi connectivity index (χ3v) is 6.82. The number of ether oxygens (including phenoxy) is 1. The monoisotopic (exact) mass is 492 g/mol. The Hall–Kier alpha value is -1.95. The van der Waals surface area contributed by atoms with Gasteiger partial charge in [0.15, 0.2) is 0 Å². The summed E-state index contributed by atoms with van der Waals surface area (Å²) in [7, 11) is -3.83. The van der Waals surface area contributed by atoms with Crippen molar-refractivity contribution in [1.82, 2.24) is 4.31 Å². The van der Waals surface area contributed by atoms with E-state index in [4.69, 9.17) is 4.74 Å². The maximum atomic E-state index is 12.9. The summed E-state index contributed by atoms with van der Waals surface area (Å²) in [6.07, 6.45) is -4.55. The minimum absolute atomic E-state index is 0.0169. The standard InChI is InChI=1S/C18H16BrF3N2O4S/c19-16-5-4-14(29(26,27)24-6-8-28-9-7-24)11-15(16)17(25)23-13-3-1-2-12(10-13)18(20,21)22/h1-5,10-11H,6-9H2,(H,23,25). The van der Waals surface area contributed by atoms with Gasteiger partial charge in [0.2, 0.25) is 10.0 Å². The highest BCUT2D eigenvalue weighted by molar-refractivity contribution is 9.10. The summed E-state index contributed by atoms with van der Waals surface area (Å²) in [5.41, 5.74) is -0.979. The van der Waals surface area contributed by atoms with Crippen LogP contribution < -0.4 is 5.32 Å². The van der Waals surface area contributed by atoms with Crippen LogP contribution in [0.1, 0.15) is 15.9 Å². The van der Waals surface area contributed by atoms with Gasteiger partial charge in [0.25, 0.3) is 5.91 Å². The highest BCUT2D eigenvalue weighted by atomic mass is 79.9. The fourth-order valence-electron chi connectivity index (χ4n) is 2.75. The van der Waals surface area contributed by atoms with Crippen molar-refractivity contribution in [3.05, 3.63) is 58.1 Å². The van der Waals surface area contributed by atoms with Crippen molar-refractivity contribution in [3.63, 3.8) is 0 Å². The topological polar surface area (TPSA) is 75.7 Å². The molecule has 0 atom stereocenters. The lowest BCUT2D eigenvalue weighted by atomic mass is 10.1. The number of anilines is 1. The summed E-state index contributed by atoms with van der Waals surface area (Å²) in [5, 5.41) is 2.37. The van der Waals surface area contributed by atoms with Gasteiger partial charge in [-0.3, -0.25) is 4.79 Å². The van der Waals surface area contributed by atoms with E-state index in [1.54, 1.807) is 0 Å². The Balaban J connectivity index is 1.87. The van der Waals surface area contributed by atoms with Gasteiger partial charge in [-0.05, 0) is 52.3 Å². The molecule has 0 bridgehead atoms. The summed E-state index contributed by atoms with van der Waals surface area (Å²) < 4.78 is 70.8. The lowest BCUT2D eigenvalue weighted by Gasteiger charge is -2.26. The second kappa shape index (κ2) is 8.42. The molecular formula is C18H16BrF3N2O4S. The van der Waals surface area contributed by atoms with Crippen molar-refractivity contribution in [2.75, 3.05) is 31.6 Å². The summed E-state index contributed by atoms with van der Waals surface area (Å²) in [5.74, 6) is -0.741. The van der Waals surface area contributed by atoms with Crippen molar-refractivity contribution in [3.8, 4) is 0 Å². The van der Waals surface area contributed by atoms with E-state index in [0.29, 0.717) is 4.47 Å². The van der Waals surface area contributed by atoms with E-state index >= 15 is 0 Å². The van der Waals surface area contributed by atoms with Gasteiger partial charge < -0.3 is 10.1 Å². The molecule has 1 saturated heterocycles. The first kappa shape index (κ1) is 21.8. The second-order valence-corrected chi connectivity index (χ2v) is 8.98. The van der Waals surface area contributed by atoms with E-state index in [1.165, 1.54) is 34.6 Å². The Morgan fingerprint density at radius 3 is 2.45 bits per heavy atom. The first-order valence-electron chi connectivity index (χ1n) is 8.45. The number of sulfonamides is 1. The van der Waals surface area contributed by atoms with Crippen LogP contribution in [0.3, 0.4) is 0 Å². The molecular weight excluding hydrogens is 477 g/mol. The van der Waals surface area contributed by atoms with Crippen LogP contribution in [-0.2, 0) is 20.9 Å². The molecule has 29 heavy (non-hydrogen) atoms. The van der Waals surface area contributed by atoms with Crippen LogP contribution in [0, 0.1) is 0 Å². The van der Waals surface area contributed by atoms with Crippen LogP contribution in [0.2, 0.25) is 0 Å². The van der Waals surface area contributed by atoms with E-state index in [9.17, 15) is 26.4 Å². The molecule has 2 aromatic rings. The highest BCUT2D eigenvalue weighted by Gasteiger charge is 2.31. The van der Waals surface area contributed by atoms with Crippen LogP contribution in [0.5, 0.6) is 0 Å². The molecule has 1 fully saturated rings. The molecule has 0 aromatic heterocycles. The van der Waals surface area contributed by atoms with Gasteiger partial charge in [0.05, 0.1) is 29.2 Å². The molecule has 1 N–H and O–H groups in total. The van der Waals surface area contributed by atoms with E-state index in [2.05, 4.69) is 21.2 Å². The number of amides is 1. The van der Waals surface area contributed by atoms with Gasteiger partial charge >= 0.3 is 6.18 Å². The normalized spacial score (nSPS) is 15.9. The van der Waals surface area contributed by atoms with Crippen molar-refractivity contribution >= 4 is 37.5 Å². The van der Waals surface area contributed by atoms with E-state index < -0.39 is 27.7 Å². The third kappa shape index (κ3) is 4.97. The van der Waals surface area contributed by atoms with Crippen molar-refractivity contribution in [2.24, 2.45) is 0 Å². The molecule has 6 nitrogen and oxygen atoms in total. The number of hydrogen-bond acceptors (Lipinski definition) is 4. The quantitative estimate of drug-likeness (QED) is 0.705. The molecule has 0 spiro atoms. The highest BCUT2D eigenvalue weighted by Crippen LogP contribution is 2.31. The average molecular weight is 493 g/mol. The third-order valence-electron chi connectivity index (χ3n) is 4.24. The molecule has 11 heteroatoms. The molecule has 1 amide bonds. The number of halogens is 4. The number of morpholine rings is 1. The number of nitrogens with one attached hydrogen (secondary N) is 1. The summed E-state index contributed by atoms with van der Waals surface area (Å²) in [4.78, 5) is 12.5. The molecule has 0 unspecified atom stereocenters. The largest absolute Gasteiger partial charge is 0.416 e. The number of carbonyl (C=O) groups excluding carboxylic acids is 1. The van der Waals surface area contributed by atoms with Gasteiger partial charge in [-0.25, -0.2) is 8.42 Å². The first-order valence-corrected chi connectivity index (χ1v) is 10.7. The molecule has 1 aliphatic heterocycles. The van der Waals surface area contributed by atoms with Gasteiger partial charge in [-0.15, -0.1) is 0 Å². The number of rotatable bonds is 4. The second-order valence-electron chi connectivity index (χ2n) is 6.19. The van der Waals surface area contributed by atoms with Gasteiger partial charge in [-0.1, -0.05) is 6.07 Å². The predicted molar refractivity (Wildman–Crippen MR) is 103 cm³/mol. The minimum atomic E-state index is -4.55. The van der Waals surface area contributed by atoms with Crippen LogP contribution in [0.15, 0.2) is 51.8 Å². The first-order chi connectivity index (χ1) is 13.6. The van der Waals surface area contributed by atoms with Crippen LogP contribution in [0.25, 0.3) is 0 Å². The smallest absolute Gasteiger partial charge is 0.379 e. The SMILES string of the molecule is O=C(Nc1cccc(C(F)(F)F)c1)c1cc(S(=O)(=O)N2CCOCC2)ccc1Br. The Bertz CT molecular complexity index is 1020. The van der Waals surface area contributed by atoms with Crippen LogP contribution in [0.4, 0.5) is 18.9 Å². The Morgan fingerprint density at radius 2 is 1.79 bits per heavy atom. The molecule has 1 heterocycles. The van der Waals surface area contributed by atoms with Crippen molar-refractivity contribution in [1.29, 1.82) is 0 Å². The average Bonchev–Trinajstić information content (AvgIpc) is 2.68. The van der Waals surface area contributed by atoms with Crippen molar-refractivity contribution in [2.45, 2.75) is 11.1 Å². The van der Waals surface area contributed by atoms with E-state index in [-0.39, 0.29) is 42.4 Å². The number of nitrogens with zero attached hydrogens (tertiary/aromatic N) is 1. The Kier molecular flexibility index (Phi) is 6.32. The summed E-state index contributed by atoms with van der Waals surface area (Å²) in [6.45, 7) is 0.950. The zero-order valence-corrected chi connectivity index (χ0v) is 17.3. The molecule has 0 saturated carbocycles. The van der Waals surface area contributed by atoms with E-state index in [1.807, 2.05) is 0 Å². The maximum absolute atomic E-state index is 12.9. The molecule has 0 radical (unpaired) electrons. The molecule has 156 valence electrons. The number of carbonyl (C=O) groups is 1. The van der Waals surface area contributed by atoms with Gasteiger partial charge in [0, 0.05) is 23.2 Å². The van der Waals surface area contributed by atoms with Gasteiger partial charge in [-0.2, -0.15) is 17.5 Å². The predicted octanol–water partition coefficient (Wildman–Crippen LogP) is 3.74. The van der Waals surface area contributed by atoms with Gasteiger partial charge in [0.1, 0.15) is 0 Å². The number of hydrogen-bond donors (Lipinski definition) is 1. The Labute approximate surface area is 173 Å². The fraction of sp³-hybridized carbons (Fsp3) is 0.278. The van der Waals surface area contributed by atoms with Crippen molar-refractivity contribution < 1.29 is 31.1 Å². The minimum Gasteiger partial charge on any atom is -0.379 e. The lowest BCUT2D eigenvalue weighted by molar-refractivity contribution is -0.137. The van der Waals surface area contributed by atoms with Crippen LogP contribution >= 0.6 is 15.9 Å². The molecule has 2 aromatic carbocycles. The maximum Gasteiger partial charge on any atom is 0.416 e.